The summed E-state index contributed by atoms with van der Waals surface area (Å²) in [6.07, 6.45) is 0. The minimum Gasteiger partial charge on any atom is -0.307 e. The highest BCUT2D eigenvalue weighted by Gasteiger charge is 2.22. The Morgan fingerprint density at radius 3 is 1.53 bits per heavy atom. The van der Waals surface area contributed by atoms with E-state index in [1.165, 1.54) is 54.4 Å². The van der Waals surface area contributed by atoms with Gasteiger partial charge in [0.1, 0.15) is 0 Å². The summed E-state index contributed by atoms with van der Waals surface area (Å²) < 4.78 is 6.82. The van der Waals surface area contributed by atoms with E-state index in [4.69, 9.17) is 0 Å². The second-order valence-electron chi connectivity index (χ2n) is 15.2. The number of hydrogen-bond acceptors (Lipinski definition) is 1. The van der Waals surface area contributed by atoms with Gasteiger partial charge in [0.25, 0.3) is 5.56 Å². The molecule has 0 N–H and O–H groups in total. The monoisotopic (exact) mass is 725 g/mol. The summed E-state index contributed by atoms with van der Waals surface area (Å²) in [5.41, 5.74) is 11.3. The molecule has 0 atom stereocenters. The van der Waals surface area contributed by atoms with E-state index in [1.807, 2.05) is 28.7 Å². The predicted molar refractivity (Wildman–Crippen MR) is 239 cm³/mol. The topological polar surface area (TPSA) is 31.3 Å². The van der Waals surface area contributed by atoms with Crippen LogP contribution in [0.2, 0.25) is 0 Å². The van der Waals surface area contributed by atoms with Gasteiger partial charge in [0.05, 0.1) is 33.1 Å². The third-order valence-electron chi connectivity index (χ3n) is 12.3. The van der Waals surface area contributed by atoms with Crippen molar-refractivity contribution in [2.24, 2.45) is 0 Å². The largest absolute Gasteiger partial charge is 0.307 e. The maximum Gasteiger partial charge on any atom is 0.263 e. The third kappa shape index (κ3) is 4.03. The molecule has 0 saturated heterocycles. The smallest absolute Gasteiger partial charge is 0.263 e. The van der Waals surface area contributed by atoms with Crippen molar-refractivity contribution in [3.63, 3.8) is 0 Å². The first-order valence-electron chi connectivity index (χ1n) is 19.5. The Kier molecular flexibility index (Phi) is 6.01. The van der Waals surface area contributed by atoms with Crippen LogP contribution in [0.25, 0.3) is 115 Å². The first-order chi connectivity index (χ1) is 28.2. The molecule has 4 aromatic heterocycles. The zero-order valence-corrected chi connectivity index (χ0v) is 30.6. The maximum absolute atomic E-state index is 14.0. The van der Waals surface area contributed by atoms with Gasteiger partial charge in [-0.2, -0.15) is 0 Å². The number of benzene rings is 9. The van der Waals surface area contributed by atoms with Gasteiger partial charge in [-0.3, -0.25) is 9.20 Å². The summed E-state index contributed by atoms with van der Waals surface area (Å²) in [5.74, 6) is 0. The van der Waals surface area contributed by atoms with Crippen molar-refractivity contribution in [1.29, 1.82) is 0 Å². The zero-order chi connectivity index (χ0) is 37.4. The highest BCUT2D eigenvalue weighted by atomic mass is 16.1. The second kappa shape index (κ2) is 11.2. The molecule has 4 heterocycles. The quantitative estimate of drug-likeness (QED) is 0.167. The minimum absolute atomic E-state index is 0.0289. The molecule has 9 aromatic carbocycles. The summed E-state index contributed by atoms with van der Waals surface area (Å²) in [5, 5.41) is 12.3. The fraction of sp³-hybridized carbons (Fsp3) is 0. The van der Waals surface area contributed by atoms with E-state index in [9.17, 15) is 4.79 Å². The summed E-state index contributed by atoms with van der Waals surface area (Å²) in [4.78, 5) is 14.0. The van der Waals surface area contributed by atoms with Crippen LogP contribution in [0.15, 0.2) is 193 Å². The summed E-state index contributed by atoms with van der Waals surface area (Å²) in [6, 6.07) is 67.3. The predicted octanol–water partition coefficient (Wildman–Crippen LogP) is 13.2. The summed E-state index contributed by atoms with van der Waals surface area (Å²) in [7, 11) is 0. The van der Waals surface area contributed by atoms with Crippen LogP contribution < -0.4 is 5.56 Å². The fourth-order valence-electron chi connectivity index (χ4n) is 9.97. The van der Waals surface area contributed by atoms with Crippen molar-refractivity contribution in [3.8, 4) is 22.5 Å². The van der Waals surface area contributed by atoms with Crippen LogP contribution in [-0.4, -0.2) is 13.5 Å². The van der Waals surface area contributed by atoms with Crippen molar-refractivity contribution >= 4 is 92.3 Å². The van der Waals surface area contributed by atoms with Gasteiger partial charge >= 0.3 is 0 Å². The van der Waals surface area contributed by atoms with Crippen molar-refractivity contribution < 1.29 is 0 Å². The van der Waals surface area contributed by atoms with Crippen LogP contribution in [0.3, 0.4) is 0 Å². The fourth-order valence-corrected chi connectivity index (χ4v) is 9.97. The lowest BCUT2D eigenvalue weighted by Crippen LogP contribution is -2.12. The molecule has 0 spiro atoms. The van der Waals surface area contributed by atoms with E-state index in [-0.39, 0.29) is 5.56 Å². The normalized spacial score (nSPS) is 12.3. The number of pyridine rings is 1. The average Bonchev–Trinajstić information content (AvgIpc) is 3.92. The summed E-state index contributed by atoms with van der Waals surface area (Å²) >= 11 is 0. The first-order valence-corrected chi connectivity index (χ1v) is 19.5. The van der Waals surface area contributed by atoms with Gasteiger partial charge in [-0.1, -0.05) is 127 Å². The third-order valence-corrected chi connectivity index (χ3v) is 12.3. The van der Waals surface area contributed by atoms with Gasteiger partial charge in [0.15, 0.2) is 0 Å². The molecule has 0 bridgehead atoms. The molecule has 0 unspecified atom stereocenters. The maximum atomic E-state index is 14.0. The Morgan fingerprint density at radius 1 is 0.316 bits per heavy atom. The lowest BCUT2D eigenvalue weighted by atomic mass is 9.94. The van der Waals surface area contributed by atoms with E-state index in [0.717, 1.165) is 60.5 Å². The molecule has 0 fully saturated rings. The van der Waals surface area contributed by atoms with Gasteiger partial charge in [-0.25, -0.2) is 0 Å². The summed E-state index contributed by atoms with van der Waals surface area (Å²) in [6.45, 7) is 0. The van der Waals surface area contributed by atoms with Crippen LogP contribution in [0.1, 0.15) is 0 Å². The zero-order valence-electron chi connectivity index (χ0n) is 30.6. The first kappa shape index (κ1) is 30.6. The molecule has 4 nitrogen and oxygen atoms in total. The van der Waals surface area contributed by atoms with Crippen LogP contribution in [-0.2, 0) is 0 Å². The molecular weight excluding hydrogens is 695 g/mol. The van der Waals surface area contributed by atoms with Gasteiger partial charge < -0.3 is 9.13 Å². The molecule has 0 aliphatic heterocycles. The van der Waals surface area contributed by atoms with E-state index in [1.54, 1.807) is 0 Å². The number of nitrogens with zero attached hydrogens (tertiary/aromatic N) is 3. The highest BCUT2D eigenvalue weighted by molar-refractivity contribution is 6.25. The Labute approximate surface area is 325 Å². The molecule has 13 rings (SSSR count). The van der Waals surface area contributed by atoms with Gasteiger partial charge in [0.2, 0.25) is 0 Å². The highest BCUT2D eigenvalue weighted by Crippen LogP contribution is 2.43. The van der Waals surface area contributed by atoms with Gasteiger partial charge in [0, 0.05) is 54.5 Å². The molecule has 4 heteroatoms. The van der Waals surface area contributed by atoms with Crippen LogP contribution in [0.4, 0.5) is 0 Å². The number of para-hydroxylation sites is 4. The van der Waals surface area contributed by atoms with E-state index in [0.29, 0.717) is 0 Å². The van der Waals surface area contributed by atoms with Crippen molar-refractivity contribution in [3.05, 3.63) is 198 Å². The lowest BCUT2D eigenvalue weighted by Gasteiger charge is -2.14. The van der Waals surface area contributed by atoms with Crippen LogP contribution in [0.5, 0.6) is 0 Å². The standard InChI is InChI=1S/C53H31N3O/c57-53-44-20-5-4-16-38(44)45-30-33(31-46-41-19-8-11-24-49(41)56(53)50(45)46)36-21-12-13-32-29-35(25-26-37(32)36)55-48-23-10-7-18-40(48)43-28-27-42-39-17-6-9-22-47(39)54(51(42)52(43)55)34-14-2-1-3-15-34/h1-31H. The van der Waals surface area contributed by atoms with Crippen LogP contribution >= 0.6 is 0 Å². The molecule has 264 valence electrons. The van der Waals surface area contributed by atoms with E-state index < -0.39 is 0 Å². The number of rotatable bonds is 3. The lowest BCUT2D eigenvalue weighted by molar-refractivity contribution is 1.15. The second-order valence-corrected chi connectivity index (χ2v) is 15.2. The van der Waals surface area contributed by atoms with E-state index >= 15 is 0 Å². The average molecular weight is 726 g/mol. The molecule has 0 aliphatic rings. The molecular formula is C53H31N3O. The molecule has 0 radical (unpaired) electrons. The SMILES string of the molecule is O=c1c2ccccc2c2cc(-c3cccc4cc(-n5c6ccccc6c6ccc7c8ccccc8n(-c8ccccc8)c7c65)ccc34)cc3c4ccccc4n1c23. The Bertz CT molecular complexity index is 3890. The number of hydrogen-bond donors (Lipinski definition) is 0. The number of aromatic nitrogens is 3. The molecule has 13 aromatic rings. The van der Waals surface area contributed by atoms with Crippen molar-refractivity contribution in [2.75, 3.05) is 0 Å². The van der Waals surface area contributed by atoms with Gasteiger partial charge in [-0.15, -0.1) is 0 Å². The Morgan fingerprint density at radius 2 is 0.842 bits per heavy atom. The molecule has 0 saturated carbocycles. The molecule has 0 aliphatic carbocycles. The molecule has 0 amide bonds. The van der Waals surface area contributed by atoms with Crippen molar-refractivity contribution in [2.45, 2.75) is 0 Å². The minimum atomic E-state index is 0.0289. The Balaban J connectivity index is 1.10. The number of fused-ring (bicyclic) bond motifs is 13. The van der Waals surface area contributed by atoms with Crippen molar-refractivity contribution in [1.82, 2.24) is 13.5 Å². The molecule has 57 heavy (non-hydrogen) atoms. The Hall–Kier alpha value is -7.69. The van der Waals surface area contributed by atoms with Crippen LogP contribution in [0, 0.1) is 0 Å². The van der Waals surface area contributed by atoms with Gasteiger partial charge in [-0.05, 0) is 87.9 Å². The van der Waals surface area contributed by atoms with E-state index in [2.05, 4.69) is 173 Å².